The summed E-state index contributed by atoms with van der Waals surface area (Å²) in [6.45, 7) is 6.38. The van der Waals surface area contributed by atoms with Crippen LogP contribution in [0.3, 0.4) is 0 Å². The van der Waals surface area contributed by atoms with Crippen LogP contribution in [0.2, 0.25) is 0 Å². The van der Waals surface area contributed by atoms with Gasteiger partial charge >= 0.3 is 0 Å². The van der Waals surface area contributed by atoms with Crippen molar-refractivity contribution < 1.29 is 17.9 Å². The molecule has 0 atom stereocenters. The van der Waals surface area contributed by atoms with E-state index in [1.807, 2.05) is 31.2 Å². The maximum Gasteiger partial charge on any atom is 0.241 e. The Kier molecular flexibility index (Phi) is 8.06. The van der Waals surface area contributed by atoms with E-state index in [1.165, 1.54) is 9.87 Å². The van der Waals surface area contributed by atoms with Gasteiger partial charge in [0.25, 0.3) is 0 Å². The zero-order chi connectivity index (χ0) is 22.3. The van der Waals surface area contributed by atoms with E-state index in [4.69, 9.17) is 4.74 Å². The molecule has 1 heterocycles. The van der Waals surface area contributed by atoms with Crippen molar-refractivity contribution >= 4 is 21.6 Å². The molecule has 1 aliphatic rings. The van der Waals surface area contributed by atoms with E-state index in [1.54, 1.807) is 12.1 Å². The Bertz CT molecular complexity index is 971. The smallest absolute Gasteiger partial charge is 0.241 e. The number of aryl methyl sites for hydroxylation is 1. The molecule has 7 nitrogen and oxygen atoms in total. The molecule has 1 aliphatic heterocycles. The Hall–Kier alpha value is -2.42. The minimum atomic E-state index is -3.59. The van der Waals surface area contributed by atoms with Crippen LogP contribution in [-0.2, 0) is 39.1 Å². The number of rotatable bonds is 9. The van der Waals surface area contributed by atoms with Gasteiger partial charge in [0.05, 0.1) is 25.2 Å². The lowest BCUT2D eigenvalue weighted by atomic mass is 10.1. The number of nitrogens with one attached hydrogen (secondary N) is 1. The fraction of sp³-hybridized carbons (Fsp3) is 0.435. The largest absolute Gasteiger partial charge is 0.379 e. The molecule has 1 N–H and O–H groups in total. The minimum Gasteiger partial charge on any atom is -0.379 e. The van der Waals surface area contributed by atoms with Crippen molar-refractivity contribution in [2.75, 3.05) is 43.4 Å². The zero-order valence-electron chi connectivity index (χ0n) is 18.2. The van der Waals surface area contributed by atoms with E-state index in [2.05, 4.69) is 22.3 Å². The zero-order valence-corrected chi connectivity index (χ0v) is 19.0. The van der Waals surface area contributed by atoms with E-state index >= 15 is 0 Å². The number of benzene rings is 2. The van der Waals surface area contributed by atoms with Crippen LogP contribution in [0.25, 0.3) is 0 Å². The van der Waals surface area contributed by atoms with Gasteiger partial charge in [-0.15, -0.1) is 0 Å². The molecule has 2 aromatic rings. The molecule has 2 aromatic carbocycles. The number of sulfonamides is 1. The van der Waals surface area contributed by atoms with Gasteiger partial charge in [-0.05, 0) is 29.2 Å². The molecule has 1 saturated heterocycles. The summed E-state index contributed by atoms with van der Waals surface area (Å²) >= 11 is 0. The molecule has 3 rings (SSSR count). The first-order chi connectivity index (χ1) is 14.9. The van der Waals surface area contributed by atoms with Gasteiger partial charge in [-0.25, -0.2) is 8.42 Å². The van der Waals surface area contributed by atoms with Crippen LogP contribution in [0.1, 0.15) is 23.6 Å². The number of para-hydroxylation sites is 1. The quantitative estimate of drug-likeness (QED) is 0.640. The highest BCUT2D eigenvalue weighted by Gasteiger charge is 2.22. The monoisotopic (exact) mass is 445 g/mol. The molecule has 0 bridgehead atoms. The highest BCUT2D eigenvalue weighted by Crippen LogP contribution is 2.23. The average molecular weight is 446 g/mol. The van der Waals surface area contributed by atoms with E-state index in [-0.39, 0.29) is 12.5 Å². The number of carbonyl (C=O) groups is 1. The highest BCUT2D eigenvalue weighted by atomic mass is 32.2. The predicted octanol–water partition coefficient (Wildman–Crippen LogP) is 2.16. The Morgan fingerprint density at radius 2 is 1.71 bits per heavy atom. The summed E-state index contributed by atoms with van der Waals surface area (Å²) < 4.78 is 31.2. The van der Waals surface area contributed by atoms with Crippen LogP contribution in [0.4, 0.5) is 5.69 Å². The normalized spacial score (nSPS) is 14.9. The van der Waals surface area contributed by atoms with Crippen LogP contribution >= 0.6 is 0 Å². The van der Waals surface area contributed by atoms with Gasteiger partial charge in [-0.3, -0.25) is 14.0 Å². The molecular weight excluding hydrogens is 414 g/mol. The Balaban J connectivity index is 1.57. The SMILES string of the molecule is CCc1ccccc1N(CC(=O)NCc1ccc(CN2CCOCC2)cc1)S(C)(=O)=O. The lowest BCUT2D eigenvalue weighted by Gasteiger charge is -2.26. The third kappa shape index (κ3) is 6.78. The first-order valence-electron chi connectivity index (χ1n) is 10.6. The van der Waals surface area contributed by atoms with Gasteiger partial charge in [0.1, 0.15) is 6.54 Å². The van der Waals surface area contributed by atoms with E-state index < -0.39 is 10.0 Å². The summed E-state index contributed by atoms with van der Waals surface area (Å²) in [6, 6.07) is 15.4. The lowest BCUT2D eigenvalue weighted by Crippen LogP contribution is -2.40. The number of ether oxygens (including phenoxy) is 1. The van der Waals surface area contributed by atoms with Crippen molar-refractivity contribution in [1.29, 1.82) is 0 Å². The fourth-order valence-corrected chi connectivity index (χ4v) is 4.49. The molecule has 0 radical (unpaired) electrons. The maximum atomic E-state index is 12.5. The van der Waals surface area contributed by atoms with Crippen LogP contribution in [-0.4, -0.2) is 58.3 Å². The molecular formula is C23H31N3O4S. The highest BCUT2D eigenvalue weighted by molar-refractivity contribution is 7.92. The molecule has 0 spiro atoms. The number of hydrogen-bond acceptors (Lipinski definition) is 5. The standard InChI is InChI=1S/C23H31N3O4S/c1-3-21-6-4-5-7-22(21)26(31(2,28)29)18-23(27)24-16-19-8-10-20(11-9-19)17-25-12-14-30-15-13-25/h4-11H,3,12-18H2,1-2H3,(H,24,27). The van der Waals surface area contributed by atoms with Crippen LogP contribution in [0.15, 0.2) is 48.5 Å². The van der Waals surface area contributed by atoms with Gasteiger partial charge in [-0.1, -0.05) is 49.4 Å². The second-order valence-electron chi connectivity index (χ2n) is 7.73. The summed E-state index contributed by atoms with van der Waals surface area (Å²) in [5.41, 5.74) is 3.63. The summed E-state index contributed by atoms with van der Waals surface area (Å²) in [4.78, 5) is 14.9. The minimum absolute atomic E-state index is 0.245. The van der Waals surface area contributed by atoms with E-state index in [0.717, 1.165) is 50.2 Å². The van der Waals surface area contributed by atoms with Gasteiger partial charge in [-0.2, -0.15) is 0 Å². The molecule has 0 saturated carbocycles. The predicted molar refractivity (Wildman–Crippen MR) is 122 cm³/mol. The Morgan fingerprint density at radius 1 is 1.06 bits per heavy atom. The molecule has 1 amide bonds. The molecule has 0 aromatic heterocycles. The Labute approximate surface area is 185 Å². The molecule has 0 unspecified atom stereocenters. The molecule has 8 heteroatoms. The summed E-state index contributed by atoms with van der Waals surface area (Å²) in [5, 5.41) is 2.84. The van der Waals surface area contributed by atoms with Crippen molar-refractivity contribution in [2.24, 2.45) is 0 Å². The van der Waals surface area contributed by atoms with E-state index in [0.29, 0.717) is 18.7 Å². The number of carbonyl (C=O) groups excluding carboxylic acids is 1. The van der Waals surface area contributed by atoms with Crippen molar-refractivity contribution in [3.8, 4) is 0 Å². The van der Waals surface area contributed by atoms with Crippen molar-refractivity contribution in [3.05, 3.63) is 65.2 Å². The molecule has 1 fully saturated rings. The first kappa shape index (κ1) is 23.2. The van der Waals surface area contributed by atoms with Crippen LogP contribution in [0, 0.1) is 0 Å². The van der Waals surface area contributed by atoms with Crippen LogP contribution < -0.4 is 9.62 Å². The molecule has 31 heavy (non-hydrogen) atoms. The lowest BCUT2D eigenvalue weighted by molar-refractivity contribution is -0.119. The van der Waals surface area contributed by atoms with Gasteiger partial charge in [0.15, 0.2) is 0 Å². The summed E-state index contributed by atoms with van der Waals surface area (Å²) in [7, 11) is -3.59. The van der Waals surface area contributed by atoms with Gasteiger partial charge in [0, 0.05) is 26.2 Å². The van der Waals surface area contributed by atoms with Crippen molar-refractivity contribution in [1.82, 2.24) is 10.2 Å². The molecule has 0 aliphatic carbocycles. The molecule has 168 valence electrons. The number of nitrogens with zero attached hydrogens (tertiary/aromatic N) is 2. The van der Waals surface area contributed by atoms with Gasteiger partial charge in [0.2, 0.25) is 15.9 Å². The average Bonchev–Trinajstić information content (AvgIpc) is 2.77. The topological polar surface area (TPSA) is 79.0 Å². The summed E-state index contributed by atoms with van der Waals surface area (Å²) in [5.74, 6) is -0.339. The number of anilines is 1. The number of amides is 1. The number of morpholine rings is 1. The second kappa shape index (κ2) is 10.7. The third-order valence-electron chi connectivity index (χ3n) is 5.35. The second-order valence-corrected chi connectivity index (χ2v) is 9.64. The fourth-order valence-electron chi connectivity index (χ4n) is 3.60. The van der Waals surface area contributed by atoms with Crippen LogP contribution in [0.5, 0.6) is 0 Å². The van der Waals surface area contributed by atoms with Gasteiger partial charge < -0.3 is 10.1 Å². The number of hydrogen-bond donors (Lipinski definition) is 1. The summed E-state index contributed by atoms with van der Waals surface area (Å²) in [6.07, 6.45) is 1.81. The Morgan fingerprint density at radius 3 is 2.35 bits per heavy atom. The van der Waals surface area contributed by atoms with Crippen molar-refractivity contribution in [2.45, 2.75) is 26.4 Å². The van der Waals surface area contributed by atoms with E-state index in [9.17, 15) is 13.2 Å². The third-order valence-corrected chi connectivity index (χ3v) is 6.48. The van der Waals surface area contributed by atoms with Crippen molar-refractivity contribution in [3.63, 3.8) is 0 Å². The maximum absolute atomic E-state index is 12.5. The first-order valence-corrected chi connectivity index (χ1v) is 12.4.